The predicted molar refractivity (Wildman–Crippen MR) is 115 cm³/mol. The highest BCUT2D eigenvalue weighted by Crippen LogP contribution is 2.62. The number of hydrogen-bond donors (Lipinski definition) is 0. The number of fused-ring (bicyclic) bond motifs is 8. The van der Waals surface area contributed by atoms with Crippen LogP contribution in [0.2, 0.25) is 10.0 Å². The molecule has 2 bridgehead atoms. The highest BCUT2D eigenvalue weighted by molar-refractivity contribution is 6.37. The van der Waals surface area contributed by atoms with Crippen molar-refractivity contribution in [1.29, 1.82) is 0 Å². The molecule has 0 N–H and O–H groups in total. The van der Waals surface area contributed by atoms with E-state index in [-0.39, 0.29) is 47.5 Å². The van der Waals surface area contributed by atoms with Gasteiger partial charge in [-0.05, 0) is 48.7 Å². The zero-order chi connectivity index (χ0) is 21.4. The normalized spacial score (nSPS) is 32.7. The molecule has 2 saturated carbocycles. The largest absolute Gasteiger partial charge is 0.497 e. The number of anilines is 1. The first-order chi connectivity index (χ1) is 15.0. The molecule has 0 radical (unpaired) electrons. The van der Waals surface area contributed by atoms with Crippen LogP contribution >= 0.6 is 23.2 Å². The van der Waals surface area contributed by atoms with E-state index in [2.05, 4.69) is 5.16 Å². The fourth-order valence-corrected chi connectivity index (χ4v) is 6.54. The van der Waals surface area contributed by atoms with Crippen molar-refractivity contribution in [2.45, 2.75) is 12.5 Å². The van der Waals surface area contributed by atoms with Gasteiger partial charge in [0.25, 0.3) is 0 Å². The van der Waals surface area contributed by atoms with Gasteiger partial charge in [-0.25, -0.2) is 0 Å². The molecule has 1 saturated heterocycles. The molecule has 6 nitrogen and oxygen atoms in total. The van der Waals surface area contributed by atoms with E-state index in [9.17, 15) is 9.59 Å². The quantitative estimate of drug-likeness (QED) is 0.649. The molecule has 4 aliphatic rings. The number of amides is 2. The van der Waals surface area contributed by atoms with Crippen LogP contribution in [0, 0.1) is 29.6 Å². The van der Waals surface area contributed by atoms with Crippen molar-refractivity contribution in [2.24, 2.45) is 34.7 Å². The van der Waals surface area contributed by atoms with Crippen molar-refractivity contribution < 1.29 is 19.2 Å². The first-order valence-electron chi connectivity index (χ1n) is 10.2. The number of hydrogen-bond acceptors (Lipinski definition) is 5. The van der Waals surface area contributed by atoms with E-state index in [1.165, 1.54) is 4.90 Å². The summed E-state index contributed by atoms with van der Waals surface area (Å²) in [7, 11) is 1.58. The van der Waals surface area contributed by atoms with Crippen LogP contribution in [0.25, 0.3) is 0 Å². The number of ether oxygens (including phenoxy) is 1. The van der Waals surface area contributed by atoms with Crippen LogP contribution in [0.1, 0.15) is 12.0 Å². The van der Waals surface area contributed by atoms with Crippen LogP contribution in [-0.2, 0) is 14.4 Å². The Hall–Kier alpha value is -2.57. The highest BCUT2D eigenvalue weighted by atomic mass is 35.5. The summed E-state index contributed by atoms with van der Waals surface area (Å²) in [4.78, 5) is 33.9. The van der Waals surface area contributed by atoms with Crippen LogP contribution in [0.4, 0.5) is 5.69 Å². The number of halogens is 2. The second kappa shape index (κ2) is 6.71. The van der Waals surface area contributed by atoms with Gasteiger partial charge in [0.1, 0.15) is 11.9 Å². The number of imide groups is 1. The number of carbonyl (C=O) groups is 2. The third-order valence-electron chi connectivity index (χ3n) is 7.23. The van der Waals surface area contributed by atoms with Crippen molar-refractivity contribution >= 4 is 46.4 Å². The van der Waals surface area contributed by atoms with Crippen molar-refractivity contribution in [3.05, 3.63) is 58.1 Å². The summed E-state index contributed by atoms with van der Waals surface area (Å²) < 4.78 is 5.19. The van der Waals surface area contributed by atoms with E-state index in [0.717, 1.165) is 17.7 Å². The Kier molecular flexibility index (Phi) is 4.14. The van der Waals surface area contributed by atoms with Crippen LogP contribution in [0.5, 0.6) is 5.75 Å². The molecule has 0 unspecified atom stereocenters. The molecule has 2 aliphatic heterocycles. The number of methoxy groups -OCH3 is 1. The smallest absolute Gasteiger partial charge is 0.238 e. The summed E-state index contributed by atoms with van der Waals surface area (Å²) in [6.45, 7) is 0. The molecule has 2 heterocycles. The summed E-state index contributed by atoms with van der Waals surface area (Å²) in [6.07, 6.45) is 0.573. The molecule has 2 aliphatic carbocycles. The maximum atomic E-state index is 13.4. The van der Waals surface area contributed by atoms with Gasteiger partial charge in [0.15, 0.2) is 0 Å². The van der Waals surface area contributed by atoms with Gasteiger partial charge in [-0.2, -0.15) is 0 Å². The van der Waals surface area contributed by atoms with Gasteiger partial charge in [-0.15, -0.1) is 0 Å². The van der Waals surface area contributed by atoms with Gasteiger partial charge in [0.05, 0.1) is 35.4 Å². The minimum Gasteiger partial charge on any atom is -0.497 e. The summed E-state index contributed by atoms with van der Waals surface area (Å²) in [5.74, 6) is -0.439. The van der Waals surface area contributed by atoms with E-state index in [4.69, 9.17) is 32.8 Å². The van der Waals surface area contributed by atoms with Gasteiger partial charge >= 0.3 is 0 Å². The third-order valence-corrected chi connectivity index (χ3v) is 7.78. The molecule has 6 atom stereocenters. The number of rotatable bonds is 3. The monoisotopic (exact) mass is 456 g/mol. The molecule has 3 fully saturated rings. The lowest BCUT2D eigenvalue weighted by Crippen LogP contribution is -2.41. The predicted octanol–water partition coefficient (Wildman–Crippen LogP) is 4.18. The fraction of sp³-hybridized carbons (Fsp3) is 0.348. The second-order valence-corrected chi connectivity index (χ2v) is 9.37. The van der Waals surface area contributed by atoms with Crippen LogP contribution in [0.3, 0.4) is 0 Å². The summed E-state index contributed by atoms with van der Waals surface area (Å²) in [5.41, 5.74) is 2.09. The molecule has 158 valence electrons. The minimum atomic E-state index is -0.365. The number of carbonyl (C=O) groups excluding carboxylic acids is 2. The molecular weight excluding hydrogens is 439 g/mol. The number of nitrogens with zero attached hydrogens (tertiary/aromatic N) is 2. The van der Waals surface area contributed by atoms with Crippen molar-refractivity contribution in [3.8, 4) is 5.75 Å². The molecule has 6 rings (SSSR count). The summed E-state index contributed by atoms with van der Waals surface area (Å²) in [6, 6.07) is 12.3. The van der Waals surface area contributed by atoms with E-state index >= 15 is 0 Å². The Labute approximate surface area is 188 Å². The first kappa shape index (κ1) is 19.1. The number of benzene rings is 2. The Bertz CT molecular complexity index is 1150. The maximum absolute atomic E-state index is 13.4. The van der Waals surface area contributed by atoms with Crippen molar-refractivity contribution in [1.82, 2.24) is 0 Å². The highest BCUT2D eigenvalue weighted by Gasteiger charge is 2.70. The first-order valence-corrected chi connectivity index (χ1v) is 11.0. The lowest BCUT2D eigenvalue weighted by Gasteiger charge is -2.30. The van der Waals surface area contributed by atoms with Crippen molar-refractivity contribution in [3.63, 3.8) is 0 Å². The standard InChI is InChI=1S/C23H18Cl2N2O4/c1-30-12-5-3-11(4-6-12)27-22(28)17-14-9-15(18(17)23(27)29)21-19(14)20(26-31-21)13-7-2-10(24)8-16(13)25/h2-8,14-15,17-19,21H,9H2,1H3/t14-,15+,17+,18+,19+,21-/m1/s1. The zero-order valence-corrected chi connectivity index (χ0v) is 18.0. The van der Waals surface area contributed by atoms with Gasteiger partial charge in [0.2, 0.25) is 11.8 Å². The SMILES string of the molecule is COc1ccc(N2C(=O)[C@H]3[C@@H]4C[C@@H]([C@H]5C(c6ccc(Cl)cc6Cl)=NO[C@H]45)[C@@H]3C2=O)cc1. The van der Waals surface area contributed by atoms with Gasteiger partial charge in [0, 0.05) is 22.4 Å². The van der Waals surface area contributed by atoms with E-state index in [1.807, 2.05) is 6.07 Å². The molecular formula is C23H18Cl2N2O4. The average molecular weight is 457 g/mol. The molecule has 8 heteroatoms. The minimum absolute atomic E-state index is 0.00677. The van der Waals surface area contributed by atoms with Crippen molar-refractivity contribution in [2.75, 3.05) is 12.0 Å². The maximum Gasteiger partial charge on any atom is 0.238 e. The number of oxime groups is 1. The lowest BCUT2D eigenvalue weighted by atomic mass is 9.71. The van der Waals surface area contributed by atoms with Gasteiger partial charge in [-0.3, -0.25) is 14.5 Å². The molecule has 31 heavy (non-hydrogen) atoms. The van der Waals surface area contributed by atoms with Crippen LogP contribution in [-0.4, -0.2) is 30.7 Å². The lowest BCUT2D eigenvalue weighted by molar-refractivity contribution is -0.125. The van der Waals surface area contributed by atoms with E-state index in [0.29, 0.717) is 21.5 Å². The topological polar surface area (TPSA) is 68.2 Å². The molecule has 2 aromatic rings. The fourth-order valence-electron chi connectivity index (χ4n) is 6.03. The Balaban J connectivity index is 1.34. The Morgan fingerprint density at radius 1 is 1.00 bits per heavy atom. The molecule has 0 aromatic heterocycles. The summed E-state index contributed by atoms with van der Waals surface area (Å²) in [5, 5.41) is 5.38. The van der Waals surface area contributed by atoms with E-state index in [1.54, 1.807) is 43.5 Å². The van der Waals surface area contributed by atoms with Gasteiger partial charge < -0.3 is 9.57 Å². The molecule has 0 spiro atoms. The Morgan fingerprint density at radius 3 is 2.39 bits per heavy atom. The van der Waals surface area contributed by atoms with Gasteiger partial charge in [-0.1, -0.05) is 34.4 Å². The average Bonchev–Trinajstić information content (AvgIpc) is 3.49. The van der Waals surface area contributed by atoms with E-state index < -0.39 is 0 Å². The Morgan fingerprint density at radius 2 is 1.71 bits per heavy atom. The molecule has 2 aromatic carbocycles. The third kappa shape index (κ3) is 2.55. The zero-order valence-electron chi connectivity index (χ0n) is 16.5. The summed E-state index contributed by atoms with van der Waals surface area (Å²) >= 11 is 12.5. The van der Waals surface area contributed by atoms with Crippen LogP contribution in [0.15, 0.2) is 47.6 Å². The molecule has 2 amide bonds. The second-order valence-electron chi connectivity index (χ2n) is 8.52. The van der Waals surface area contributed by atoms with Crippen LogP contribution < -0.4 is 9.64 Å².